The van der Waals surface area contributed by atoms with Crippen LogP contribution in [0.1, 0.15) is 56.6 Å². The summed E-state index contributed by atoms with van der Waals surface area (Å²) in [7, 11) is 0. The Morgan fingerprint density at radius 3 is 2.37 bits per heavy atom. The van der Waals surface area contributed by atoms with Crippen molar-refractivity contribution in [3.05, 3.63) is 61.0 Å². The molecule has 0 atom stereocenters. The van der Waals surface area contributed by atoms with Crippen LogP contribution in [0, 0.1) is 6.92 Å². The third kappa shape index (κ3) is 6.74. The van der Waals surface area contributed by atoms with Crippen molar-refractivity contribution in [3.8, 4) is 5.75 Å². The second-order valence-corrected chi connectivity index (χ2v) is 10.4. The Morgan fingerprint density at radius 2 is 1.69 bits per heavy atom. The number of anilines is 1. The highest BCUT2D eigenvalue weighted by atomic mass is 79.9. The van der Waals surface area contributed by atoms with Gasteiger partial charge in [0, 0.05) is 5.02 Å². The fourth-order valence-corrected chi connectivity index (χ4v) is 5.36. The van der Waals surface area contributed by atoms with Crippen LogP contribution in [0.4, 0.5) is 10.5 Å². The average Bonchev–Trinajstić information content (AvgIpc) is 2.80. The number of carbonyl (C=O) groups is 3. The Kier molecular flexibility index (Phi) is 9.95. The maximum atomic E-state index is 13.2. The first-order chi connectivity index (χ1) is 16.7. The van der Waals surface area contributed by atoms with E-state index in [0.29, 0.717) is 43.1 Å². The number of barbiturate groups is 1. The number of halogens is 3. The minimum Gasteiger partial charge on any atom is -0.491 e. The molecule has 1 fully saturated rings. The molecule has 2 aromatic rings. The summed E-state index contributed by atoms with van der Waals surface area (Å²) in [5, 5.41) is 2.65. The predicted octanol–water partition coefficient (Wildman–Crippen LogP) is 7.58. The van der Waals surface area contributed by atoms with Gasteiger partial charge in [-0.15, -0.1) is 0 Å². The molecule has 4 amide bonds. The molecule has 0 radical (unpaired) electrons. The molecule has 1 aliphatic rings. The maximum absolute atomic E-state index is 13.2. The van der Waals surface area contributed by atoms with Gasteiger partial charge in [0.2, 0.25) is 0 Å². The number of nitrogens with one attached hydrogen (secondary N) is 1. The highest BCUT2D eigenvalue weighted by Gasteiger charge is 2.37. The summed E-state index contributed by atoms with van der Waals surface area (Å²) in [6, 6.07) is 7.63. The zero-order valence-corrected chi connectivity index (χ0v) is 23.6. The van der Waals surface area contributed by atoms with E-state index in [4.69, 9.17) is 16.3 Å². The van der Waals surface area contributed by atoms with Crippen LogP contribution in [-0.4, -0.2) is 24.5 Å². The van der Waals surface area contributed by atoms with Gasteiger partial charge in [0.25, 0.3) is 11.8 Å². The topological polar surface area (TPSA) is 75.7 Å². The molecule has 35 heavy (non-hydrogen) atoms. The molecule has 0 spiro atoms. The van der Waals surface area contributed by atoms with Crippen molar-refractivity contribution in [1.29, 1.82) is 0 Å². The maximum Gasteiger partial charge on any atom is 0.335 e. The number of rotatable bonds is 10. The molecule has 9 heteroatoms. The SMILES string of the molecule is CCCCCCCCOc1c(Br)cc(/C=C2/C(=O)NC(=O)N(c3cccc(Cl)c3C)C2=O)cc1Br. The highest BCUT2D eigenvalue weighted by Crippen LogP contribution is 2.36. The quantitative estimate of drug-likeness (QED) is 0.168. The molecule has 2 aromatic carbocycles. The normalized spacial score (nSPS) is 15.1. The van der Waals surface area contributed by atoms with Crippen LogP contribution < -0.4 is 15.0 Å². The molecule has 1 heterocycles. The average molecular weight is 627 g/mol. The second-order valence-electron chi connectivity index (χ2n) is 8.27. The van der Waals surface area contributed by atoms with Crippen molar-refractivity contribution in [2.45, 2.75) is 52.4 Å². The lowest BCUT2D eigenvalue weighted by molar-refractivity contribution is -0.122. The summed E-state index contributed by atoms with van der Waals surface area (Å²) in [5.41, 5.74) is 1.30. The fourth-order valence-electron chi connectivity index (χ4n) is 3.74. The van der Waals surface area contributed by atoms with Crippen LogP contribution in [0.5, 0.6) is 5.75 Å². The summed E-state index contributed by atoms with van der Waals surface area (Å²) in [5.74, 6) is -0.821. The third-order valence-corrected chi connectivity index (χ3v) is 7.25. The van der Waals surface area contributed by atoms with Crippen LogP contribution in [0.3, 0.4) is 0 Å². The molecule has 1 N–H and O–H groups in total. The van der Waals surface area contributed by atoms with Gasteiger partial charge in [0.05, 0.1) is 21.2 Å². The van der Waals surface area contributed by atoms with E-state index in [1.807, 2.05) is 0 Å². The number of hydrogen-bond acceptors (Lipinski definition) is 4. The van der Waals surface area contributed by atoms with E-state index in [1.54, 1.807) is 37.3 Å². The van der Waals surface area contributed by atoms with Crippen LogP contribution in [0.15, 0.2) is 44.9 Å². The number of hydrogen-bond donors (Lipinski definition) is 1. The molecule has 0 aromatic heterocycles. The van der Waals surface area contributed by atoms with Crippen molar-refractivity contribution in [2.24, 2.45) is 0 Å². The van der Waals surface area contributed by atoms with Gasteiger partial charge in [0.1, 0.15) is 11.3 Å². The van der Waals surface area contributed by atoms with Gasteiger partial charge < -0.3 is 4.74 Å². The number of nitrogens with zero attached hydrogens (tertiary/aromatic N) is 1. The molecule has 0 unspecified atom stereocenters. The Labute approximate surface area is 227 Å². The standard InChI is InChI=1S/C26H27Br2ClN2O4/c1-3-4-5-6-7-8-12-35-23-19(27)14-17(15-20(23)28)13-18-24(32)30-26(34)31(25(18)33)22-11-9-10-21(29)16(22)2/h9-11,13-15H,3-8,12H2,1-2H3,(H,30,32,34)/b18-13-. The molecule has 186 valence electrons. The summed E-state index contributed by atoms with van der Waals surface area (Å²) in [4.78, 5) is 39.2. The van der Waals surface area contributed by atoms with E-state index in [0.717, 1.165) is 17.7 Å². The van der Waals surface area contributed by atoms with Crippen molar-refractivity contribution >= 4 is 73.1 Å². The molecule has 1 aliphatic heterocycles. The Bertz CT molecular complexity index is 1140. The van der Waals surface area contributed by atoms with Crippen molar-refractivity contribution in [3.63, 3.8) is 0 Å². The first kappa shape index (κ1) is 27.4. The zero-order valence-electron chi connectivity index (χ0n) is 19.6. The van der Waals surface area contributed by atoms with Gasteiger partial charge in [-0.05, 0) is 86.7 Å². The minimum atomic E-state index is -0.816. The molecular weight excluding hydrogens is 600 g/mol. The van der Waals surface area contributed by atoms with E-state index in [2.05, 4.69) is 44.1 Å². The lowest BCUT2D eigenvalue weighted by Crippen LogP contribution is -2.54. The smallest absolute Gasteiger partial charge is 0.335 e. The minimum absolute atomic E-state index is 0.163. The summed E-state index contributed by atoms with van der Waals surface area (Å²) < 4.78 is 7.32. The van der Waals surface area contributed by atoms with E-state index in [-0.39, 0.29) is 5.57 Å². The lowest BCUT2D eigenvalue weighted by Gasteiger charge is -2.27. The Balaban J connectivity index is 1.78. The van der Waals surface area contributed by atoms with Gasteiger partial charge in [-0.3, -0.25) is 14.9 Å². The number of unbranched alkanes of at least 4 members (excludes halogenated alkanes) is 5. The molecule has 0 bridgehead atoms. The monoisotopic (exact) mass is 624 g/mol. The lowest BCUT2D eigenvalue weighted by atomic mass is 10.1. The van der Waals surface area contributed by atoms with Crippen LogP contribution in [-0.2, 0) is 9.59 Å². The van der Waals surface area contributed by atoms with E-state index in [9.17, 15) is 14.4 Å². The number of benzene rings is 2. The first-order valence-electron chi connectivity index (χ1n) is 11.5. The van der Waals surface area contributed by atoms with Gasteiger partial charge in [-0.1, -0.05) is 56.7 Å². The number of ether oxygens (including phenoxy) is 1. The van der Waals surface area contributed by atoms with Crippen molar-refractivity contribution in [1.82, 2.24) is 5.32 Å². The van der Waals surface area contributed by atoms with Gasteiger partial charge in [-0.25, -0.2) is 9.69 Å². The van der Waals surface area contributed by atoms with E-state index < -0.39 is 17.8 Å². The summed E-state index contributed by atoms with van der Waals surface area (Å²) >= 11 is 13.2. The predicted molar refractivity (Wildman–Crippen MR) is 146 cm³/mol. The molecule has 0 aliphatic carbocycles. The fraction of sp³-hybridized carbons (Fsp3) is 0.346. The van der Waals surface area contributed by atoms with Crippen LogP contribution in [0.25, 0.3) is 6.08 Å². The number of imide groups is 2. The number of urea groups is 1. The summed E-state index contributed by atoms with van der Waals surface area (Å²) in [6.07, 6.45) is 8.48. The van der Waals surface area contributed by atoms with Crippen molar-refractivity contribution < 1.29 is 19.1 Å². The van der Waals surface area contributed by atoms with Crippen LogP contribution in [0.2, 0.25) is 5.02 Å². The zero-order chi connectivity index (χ0) is 25.5. The van der Waals surface area contributed by atoms with Crippen molar-refractivity contribution in [2.75, 3.05) is 11.5 Å². The second kappa shape index (κ2) is 12.7. The van der Waals surface area contributed by atoms with E-state index in [1.165, 1.54) is 31.8 Å². The van der Waals surface area contributed by atoms with Gasteiger partial charge in [0.15, 0.2) is 0 Å². The first-order valence-corrected chi connectivity index (χ1v) is 13.5. The Morgan fingerprint density at radius 1 is 1.03 bits per heavy atom. The molecular formula is C26H27Br2ClN2O4. The highest BCUT2D eigenvalue weighted by molar-refractivity contribution is 9.11. The van der Waals surface area contributed by atoms with Gasteiger partial charge in [-0.2, -0.15) is 0 Å². The third-order valence-electron chi connectivity index (χ3n) is 5.66. The van der Waals surface area contributed by atoms with Gasteiger partial charge >= 0.3 is 6.03 Å². The van der Waals surface area contributed by atoms with Crippen LogP contribution >= 0.6 is 43.5 Å². The molecule has 3 rings (SSSR count). The molecule has 6 nitrogen and oxygen atoms in total. The Hall–Kier alpha value is -2.16. The molecule has 0 saturated carbocycles. The summed E-state index contributed by atoms with van der Waals surface area (Å²) in [6.45, 7) is 4.50. The largest absolute Gasteiger partial charge is 0.491 e. The number of carbonyl (C=O) groups excluding carboxylic acids is 3. The number of amides is 4. The molecule has 1 saturated heterocycles. The van der Waals surface area contributed by atoms with E-state index >= 15 is 0 Å².